The van der Waals surface area contributed by atoms with Crippen LogP contribution < -0.4 is 5.32 Å². The average molecular weight is 1270 g/mol. The second-order valence-corrected chi connectivity index (χ2v) is 27.7. The van der Waals surface area contributed by atoms with Gasteiger partial charge in [-0.15, -0.1) is 0 Å². The van der Waals surface area contributed by atoms with Gasteiger partial charge >= 0.3 is 7.82 Å². The molecular weight excluding hydrogens is 1130 g/mol. The zero-order chi connectivity index (χ0) is 65.5. The van der Waals surface area contributed by atoms with Crippen LogP contribution in [0.25, 0.3) is 0 Å². The van der Waals surface area contributed by atoms with E-state index in [-0.39, 0.29) is 19.1 Å². The number of quaternary nitrogens is 1. The van der Waals surface area contributed by atoms with Crippen molar-refractivity contribution in [2.24, 2.45) is 0 Å². The van der Waals surface area contributed by atoms with Crippen LogP contribution in [0.5, 0.6) is 0 Å². The predicted octanol–water partition coefficient (Wildman–Crippen LogP) is 24.6. The molecule has 1 amide bonds. The van der Waals surface area contributed by atoms with Gasteiger partial charge in [-0.3, -0.25) is 13.8 Å². The number of unbranched alkanes of at least 4 members (excludes halogenated alkanes) is 35. The molecule has 0 aromatic carbocycles. The number of phosphoric acid groups is 1. The van der Waals surface area contributed by atoms with Gasteiger partial charge in [0.2, 0.25) is 5.91 Å². The van der Waals surface area contributed by atoms with Crippen molar-refractivity contribution in [3.63, 3.8) is 0 Å². The molecule has 3 unspecified atom stereocenters. The Morgan fingerprint density at radius 1 is 0.389 bits per heavy atom. The maximum Gasteiger partial charge on any atom is 0.472 e. The highest BCUT2D eigenvalue weighted by atomic mass is 31.2. The van der Waals surface area contributed by atoms with Gasteiger partial charge in [0.15, 0.2) is 0 Å². The van der Waals surface area contributed by atoms with Crippen LogP contribution in [0.2, 0.25) is 0 Å². The molecule has 0 saturated heterocycles. The lowest BCUT2D eigenvalue weighted by atomic mass is 10.0. The number of carbonyl (C=O) groups excluding carboxylic acids is 1. The molecule has 9 heteroatoms. The Labute approximate surface area is 557 Å². The number of nitrogens with zero attached hydrogens (tertiary/aromatic N) is 1. The number of amides is 1. The number of hydrogen-bond acceptors (Lipinski definition) is 5. The predicted molar refractivity (Wildman–Crippen MR) is 396 cm³/mol. The van der Waals surface area contributed by atoms with E-state index in [9.17, 15) is 19.4 Å². The highest BCUT2D eigenvalue weighted by Crippen LogP contribution is 2.43. The Hall–Kier alpha value is -3.36. The summed E-state index contributed by atoms with van der Waals surface area (Å²) < 4.78 is 23.8. The summed E-state index contributed by atoms with van der Waals surface area (Å²) in [6.07, 6.45) is 106. The third-order valence-corrected chi connectivity index (χ3v) is 17.3. The minimum Gasteiger partial charge on any atom is -0.387 e. The molecule has 0 radical (unpaired) electrons. The monoisotopic (exact) mass is 1270 g/mol. The van der Waals surface area contributed by atoms with Crippen LogP contribution in [0.1, 0.15) is 322 Å². The van der Waals surface area contributed by atoms with E-state index in [2.05, 4.69) is 141 Å². The van der Waals surface area contributed by atoms with Crippen molar-refractivity contribution in [3.05, 3.63) is 134 Å². The molecule has 0 fully saturated rings. The van der Waals surface area contributed by atoms with Crippen LogP contribution in [0, 0.1) is 0 Å². The molecule has 0 aliphatic heterocycles. The number of likely N-dealkylation sites (N-methyl/N-ethyl adjacent to an activating group) is 1. The molecule has 0 heterocycles. The van der Waals surface area contributed by atoms with Crippen molar-refractivity contribution < 1.29 is 32.9 Å². The number of allylic oxidation sites excluding steroid dienone is 21. The first-order valence-corrected chi connectivity index (χ1v) is 39.1. The second-order valence-electron chi connectivity index (χ2n) is 26.3. The molecule has 3 N–H and O–H groups in total. The van der Waals surface area contributed by atoms with Gasteiger partial charge in [0.1, 0.15) is 13.2 Å². The molecule has 8 nitrogen and oxygen atoms in total. The Morgan fingerprint density at radius 2 is 0.678 bits per heavy atom. The van der Waals surface area contributed by atoms with E-state index in [0.717, 1.165) is 96.3 Å². The van der Waals surface area contributed by atoms with E-state index in [0.29, 0.717) is 17.4 Å². The Kier molecular flexibility index (Phi) is 67.4. The fourth-order valence-electron chi connectivity index (χ4n) is 10.6. The first-order valence-electron chi connectivity index (χ1n) is 37.6. The first kappa shape index (κ1) is 86.6. The quantitative estimate of drug-likeness (QED) is 0.0243. The minimum atomic E-state index is -4.37. The van der Waals surface area contributed by atoms with E-state index in [4.69, 9.17) is 9.05 Å². The second kappa shape index (κ2) is 70.0. The van der Waals surface area contributed by atoms with Gasteiger partial charge < -0.3 is 19.8 Å². The SMILES string of the molecule is CC/C=C\C/C=C\C/C=C\C/C=C\C/C=C\C/C=C\C/C=C\C/C=C\CCCCCCCCCCCCCCCCCCC(=O)NC(COP(=O)(O)OCC[N+](C)(C)C)C(O)/C=C/CC/C=C/CC/C=C/CCCCCCCCCCCCCCCCCCC. The van der Waals surface area contributed by atoms with Crippen molar-refractivity contribution in [1.82, 2.24) is 5.32 Å². The normalized spacial score (nSPS) is 14.3. The van der Waals surface area contributed by atoms with Crippen LogP contribution in [-0.4, -0.2) is 73.4 Å². The summed E-state index contributed by atoms with van der Waals surface area (Å²) in [5.41, 5.74) is 0. The number of rotatable bonds is 68. The van der Waals surface area contributed by atoms with Gasteiger partial charge in [-0.05, 0) is 109 Å². The third kappa shape index (κ3) is 72.1. The highest BCUT2D eigenvalue weighted by Gasteiger charge is 2.28. The van der Waals surface area contributed by atoms with Gasteiger partial charge in [-0.25, -0.2) is 4.57 Å². The summed E-state index contributed by atoms with van der Waals surface area (Å²) in [7, 11) is 1.54. The van der Waals surface area contributed by atoms with E-state index in [1.165, 1.54) is 205 Å². The average Bonchev–Trinajstić information content (AvgIpc) is 3.09. The summed E-state index contributed by atoms with van der Waals surface area (Å²) in [6, 6.07) is -0.879. The maximum atomic E-state index is 13.1. The molecule has 0 aliphatic carbocycles. The molecule has 3 atom stereocenters. The molecular formula is C81H144N2O6P+. The standard InChI is InChI=1S/C81H143N2O6P/c1-6-8-10-12-14-16-18-20-22-24-26-28-30-32-34-35-36-37-38-39-40-41-42-43-44-45-46-47-49-51-53-55-57-59-61-63-65-67-69-71-73-75-81(85)82-79(78-89-90(86,87)88-77-76-83(3,4)5)80(84)74-72-70-68-66-64-62-60-58-56-54-52-50-48-33-31-29-27-25-23-21-19-17-15-13-11-9-7-2/h8,10,14,16,20,22,26,28,32,34,36-37,39-40,42-43,56,58,64,66,72,74,79-80,84H,6-7,9,11-13,15,17-19,21,23-25,27,29-31,33,35,38,41,44-55,57,59-63,65,67-71,73,75-78H2,1-5H3,(H-,82,85,86,87)/p+1/b10-8-,16-14-,22-20-,28-26-,34-32-,37-36-,40-39-,43-42-,58-56+,66-64+,74-72+. The van der Waals surface area contributed by atoms with E-state index in [1.807, 2.05) is 27.2 Å². The lowest BCUT2D eigenvalue weighted by Crippen LogP contribution is -2.45. The van der Waals surface area contributed by atoms with Crippen LogP contribution in [0.3, 0.4) is 0 Å². The molecule has 0 spiro atoms. The lowest BCUT2D eigenvalue weighted by Gasteiger charge is -2.25. The summed E-state index contributed by atoms with van der Waals surface area (Å²) in [6.45, 7) is 4.70. The molecule has 90 heavy (non-hydrogen) atoms. The van der Waals surface area contributed by atoms with E-state index >= 15 is 0 Å². The molecule has 518 valence electrons. The minimum absolute atomic E-state index is 0.0494. The van der Waals surface area contributed by atoms with Gasteiger partial charge in [0, 0.05) is 6.42 Å². The number of phosphoric ester groups is 1. The van der Waals surface area contributed by atoms with Gasteiger partial charge in [0.25, 0.3) is 0 Å². The van der Waals surface area contributed by atoms with E-state index in [1.54, 1.807) is 6.08 Å². The molecule has 0 aromatic heterocycles. The Balaban J connectivity index is 4.08. The summed E-state index contributed by atoms with van der Waals surface area (Å²) in [5.74, 6) is -0.191. The highest BCUT2D eigenvalue weighted by molar-refractivity contribution is 7.47. The number of hydrogen-bond donors (Lipinski definition) is 3. The van der Waals surface area contributed by atoms with Crippen molar-refractivity contribution in [3.8, 4) is 0 Å². The smallest absolute Gasteiger partial charge is 0.387 e. The van der Waals surface area contributed by atoms with Gasteiger partial charge in [-0.1, -0.05) is 340 Å². The van der Waals surface area contributed by atoms with Crippen LogP contribution >= 0.6 is 7.82 Å². The molecule has 0 aliphatic rings. The number of aliphatic hydroxyl groups is 1. The van der Waals surface area contributed by atoms with Crippen molar-refractivity contribution in [2.45, 2.75) is 334 Å². The first-order chi connectivity index (χ1) is 44.0. The van der Waals surface area contributed by atoms with Crippen LogP contribution in [0.4, 0.5) is 0 Å². The van der Waals surface area contributed by atoms with Crippen molar-refractivity contribution >= 4 is 13.7 Å². The topological polar surface area (TPSA) is 105 Å². The Morgan fingerprint density at radius 3 is 1.02 bits per heavy atom. The van der Waals surface area contributed by atoms with Gasteiger partial charge in [0.05, 0.1) is 39.9 Å². The van der Waals surface area contributed by atoms with Crippen molar-refractivity contribution in [2.75, 3.05) is 40.9 Å². The Bertz CT molecular complexity index is 1930. The number of carbonyl (C=O) groups is 1. The summed E-state index contributed by atoms with van der Waals surface area (Å²) in [5, 5.41) is 14.0. The lowest BCUT2D eigenvalue weighted by molar-refractivity contribution is -0.870. The van der Waals surface area contributed by atoms with Gasteiger partial charge in [-0.2, -0.15) is 0 Å². The number of nitrogens with one attached hydrogen (secondary N) is 1. The summed E-state index contributed by atoms with van der Waals surface area (Å²) in [4.78, 5) is 23.4. The van der Waals surface area contributed by atoms with E-state index < -0.39 is 20.0 Å². The molecule has 0 rings (SSSR count). The van der Waals surface area contributed by atoms with Crippen LogP contribution in [0.15, 0.2) is 134 Å². The number of aliphatic hydroxyl groups excluding tert-OH is 1. The maximum absolute atomic E-state index is 13.1. The molecule has 0 bridgehead atoms. The largest absolute Gasteiger partial charge is 0.472 e. The fraction of sp³-hybridized carbons (Fsp3) is 0.716. The fourth-order valence-corrected chi connectivity index (χ4v) is 11.3. The zero-order valence-electron chi connectivity index (χ0n) is 59.3. The summed E-state index contributed by atoms with van der Waals surface area (Å²) >= 11 is 0. The molecule has 0 saturated carbocycles. The molecule has 0 aromatic rings. The zero-order valence-corrected chi connectivity index (χ0v) is 60.2. The third-order valence-electron chi connectivity index (χ3n) is 16.3. The van der Waals surface area contributed by atoms with Crippen LogP contribution in [-0.2, 0) is 18.4 Å². The van der Waals surface area contributed by atoms with Crippen molar-refractivity contribution in [1.29, 1.82) is 0 Å².